The molecular formula is C12H16N4. The molecule has 1 N–H and O–H groups in total. The first-order valence-electron chi connectivity index (χ1n) is 5.33. The number of aryl methyl sites for hydroxylation is 2. The van der Waals surface area contributed by atoms with Crippen LogP contribution in [0.5, 0.6) is 0 Å². The number of aromatic nitrogens is 3. The molecule has 2 aromatic rings. The van der Waals surface area contributed by atoms with Crippen molar-refractivity contribution in [2.24, 2.45) is 0 Å². The molecule has 0 radical (unpaired) electrons. The van der Waals surface area contributed by atoms with Gasteiger partial charge < -0.3 is 5.32 Å². The molecule has 4 heteroatoms. The molecule has 1 heterocycles. The maximum absolute atomic E-state index is 4.27. The molecule has 0 aliphatic heterocycles. The van der Waals surface area contributed by atoms with Crippen molar-refractivity contribution in [3.63, 3.8) is 0 Å². The quantitative estimate of drug-likeness (QED) is 0.847. The summed E-state index contributed by atoms with van der Waals surface area (Å²) in [6.45, 7) is 4.88. The summed E-state index contributed by atoms with van der Waals surface area (Å²) in [7, 11) is 1.90. The van der Waals surface area contributed by atoms with Gasteiger partial charge in [0.05, 0.1) is 12.2 Å². The first-order valence-corrected chi connectivity index (χ1v) is 5.33. The molecule has 0 unspecified atom stereocenters. The van der Waals surface area contributed by atoms with Gasteiger partial charge in [0.15, 0.2) is 0 Å². The smallest absolute Gasteiger partial charge is 0.146 e. The van der Waals surface area contributed by atoms with Crippen molar-refractivity contribution >= 4 is 0 Å². The number of nitrogens with zero attached hydrogens (tertiary/aromatic N) is 3. The van der Waals surface area contributed by atoms with E-state index in [2.05, 4.69) is 47.4 Å². The van der Waals surface area contributed by atoms with Crippen LogP contribution in [0.2, 0.25) is 0 Å². The maximum Gasteiger partial charge on any atom is 0.146 e. The molecule has 0 aliphatic rings. The average molecular weight is 216 g/mol. The minimum Gasteiger partial charge on any atom is -0.313 e. The minimum absolute atomic E-state index is 0.716. The monoisotopic (exact) mass is 216 g/mol. The molecule has 0 aliphatic carbocycles. The summed E-state index contributed by atoms with van der Waals surface area (Å²) in [6.07, 6.45) is 1.59. The summed E-state index contributed by atoms with van der Waals surface area (Å²) in [6, 6.07) is 6.34. The largest absolute Gasteiger partial charge is 0.313 e. The third kappa shape index (κ3) is 1.97. The zero-order chi connectivity index (χ0) is 11.5. The van der Waals surface area contributed by atoms with E-state index in [1.54, 1.807) is 6.33 Å². The van der Waals surface area contributed by atoms with Gasteiger partial charge in [0, 0.05) is 0 Å². The Hall–Kier alpha value is -1.68. The molecule has 0 saturated carbocycles. The van der Waals surface area contributed by atoms with Crippen LogP contribution in [-0.2, 0) is 6.54 Å². The van der Waals surface area contributed by atoms with Gasteiger partial charge >= 0.3 is 0 Å². The van der Waals surface area contributed by atoms with Crippen LogP contribution in [0.1, 0.15) is 17.0 Å². The molecule has 4 nitrogen and oxygen atoms in total. The van der Waals surface area contributed by atoms with Gasteiger partial charge in [0.25, 0.3) is 0 Å². The number of hydrogen-bond acceptors (Lipinski definition) is 3. The van der Waals surface area contributed by atoms with Gasteiger partial charge in [-0.05, 0) is 38.1 Å². The van der Waals surface area contributed by atoms with Gasteiger partial charge in [-0.15, -0.1) is 0 Å². The van der Waals surface area contributed by atoms with Gasteiger partial charge in [0.2, 0.25) is 0 Å². The molecule has 0 amide bonds. The van der Waals surface area contributed by atoms with Gasteiger partial charge in [-0.25, -0.2) is 9.67 Å². The molecular weight excluding hydrogens is 200 g/mol. The molecule has 1 aromatic carbocycles. The molecule has 0 fully saturated rings. The molecule has 0 bridgehead atoms. The predicted octanol–water partition coefficient (Wildman–Crippen LogP) is 1.60. The first-order chi connectivity index (χ1) is 7.72. The Kier molecular flexibility index (Phi) is 3.01. The van der Waals surface area contributed by atoms with Crippen molar-refractivity contribution in [3.8, 4) is 5.69 Å². The Balaban J connectivity index is 2.49. The summed E-state index contributed by atoms with van der Waals surface area (Å²) >= 11 is 0. The lowest BCUT2D eigenvalue weighted by Gasteiger charge is -2.09. The van der Waals surface area contributed by atoms with Crippen LogP contribution in [0.15, 0.2) is 24.5 Å². The van der Waals surface area contributed by atoms with Gasteiger partial charge in [0.1, 0.15) is 12.2 Å². The zero-order valence-electron chi connectivity index (χ0n) is 9.86. The molecule has 84 valence electrons. The van der Waals surface area contributed by atoms with Crippen LogP contribution < -0.4 is 5.32 Å². The molecule has 16 heavy (non-hydrogen) atoms. The second-order valence-corrected chi connectivity index (χ2v) is 3.91. The van der Waals surface area contributed by atoms with Crippen molar-refractivity contribution in [3.05, 3.63) is 41.5 Å². The predicted molar refractivity (Wildman–Crippen MR) is 63.6 cm³/mol. The number of nitrogens with one attached hydrogen (secondary N) is 1. The zero-order valence-corrected chi connectivity index (χ0v) is 9.86. The fraction of sp³-hybridized carbons (Fsp3) is 0.333. The Bertz CT molecular complexity index is 488. The summed E-state index contributed by atoms with van der Waals surface area (Å²) in [5.41, 5.74) is 3.53. The van der Waals surface area contributed by atoms with E-state index in [9.17, 15) is 0 Å². The summed E-state index contributed by atoms with van der Waals surface area (Å²) in [5.74, 6) is 0.927. The van der Waals surface area contributed by atoms with Crippen molar-refractivity contribution in [1.82, 2.24) is 20.1 Å². The highest BCUT2D eigenvalue weighted by Gasteiger charge is 2.07. The highest BCUT2D eigenvalue weighted by atomic mass is 15.3. The van der Waals surface area contributed by atoms with Crippen molar-refractivity contribution in [2.45, 2.75) is 20.4 Å². The lowest BCUT2D eigenvalue weighted by molar-refractivity contribution is 0.710. The van der Waals surface area contributed by atoms with Crippen LogP contribution in [0, 0.1) is 13.8 Å². The maximum atomic E-state index is 4.27. The SMILES string of the molecule is CNCc1ncnn1-c1cc(C)ccc1C. The highest BCUT2D eigenvalue weighted by molar-refractivity contribution is 5.42. The fourth-order valence-corrected chi connectivity index (χ4v) is 1.69. The van der Waals surface area contributed by atoms with Crippen molar-refractivity contribution < 1.29 is 0 Å². The van der Waals surface area contributed by atoms with E-state index in [0.717, 1.165) is 11.5 Å². The van der Waals surface area contributed by atoms with E-state index in [1.165, 1.54) is 11.1 Å². The van der Waals surface area contributed by atoms with E-state index < -0.39 is 0 Å². The number of benzene rings is 1. The molecule has 0 spiro atoms. The van der Waals surface area contributed by atoms with Crippen molar-refractivity contribution in [2.75, 3.05) is 7.05 Å². The number of hydrogen-bond donors (Lipinski definition) is 1. The second-order valence-electron chi connectivity index (χ2n) is 3.91. The third-order valence-corrected chi connectivity index (χ3v) is 2.55. The van der Waals surface area contributed by atoms with Crippen LogP contribution in [0.3, 0.4) is 0 Å². The topological polar surface area (TPSA) is 42.7 Å². The fourth-order valence-electron chi connectivity index (χ4n) is 1.69. The molecule has 0 atom stereocenters. The van der Waals surface area contributed by atoms with E-state index in [0.29, 0.717) is 6.54 Å². The summed E-state index contributed by atoms with van der Waals surface area (Å²) < 4.78 is 1.89. The lowest BCUT2D eigenvalue weighted by Crippen LogP contribution is -2.13. The first kappa shape index (κ1) is 10.8. The molecule has 0 saturated heterocycles. The summed E-state index contributed by atoms with van der Waals surface area (Å²) in [5, 5.41) is 7.36. The van der Waals surface area contributed by atoms with Crippen LogP contribution >= 0.6 is 0 Å². The van der Waals surface area contributed by atoms with Gasteiger partial charge in [-0.1, -0.05) is 12.1 Å². The summed E-state index contributed by atoms with van der Waals surface area (Å²) in [4.78, 5) is 4.24. The minimum atomic E-state index is 0.716. The van der Waals surface area contributed by atoms with Gasteiger partial charge in [-0.2, -0.15) is 5.10 Å². The average Bonchev–Trinajstić information content (AvgIpc) is 2.70. The molecule has 2 rings (SSSR count). The van der Waals surface area contributed by atoms with Crippen LogP contribution in [0.25, 0.3) is 5.69 Å². The Morgan fingerprint density at radius 2 is 2.12 bits per heavy atom. The third-order valence-electron chi connectivity index (χ3n) is 2.55. The van der Waals surface area contributed by atoms with Gasteiger partial charge in [-0.3, -0.25) is 0 Å². The Morgan fingerprint density at radius 3 is 2.88 bits per heavy atom. The van der Waals surface area contributed by atoms with E-state index in [1.807, 2.05) is 11.7 Å². The van der Waals surface area contributed by atoms with E-state index in [4.69, 9.17) is 0 Å². The second kappa shape index (κ2) is 4.45. The van der Waals surface area contributed by atoms with Crippen LogP contribution in [0.4, 0.5) is 0 Å². The van der Waals surface area contributed by atoms with E-state index >= 15 is 0 Å². The van der Waals surface area contributed by atoms with Crippen molar-refractivity contribution in [1.29, 1.82) is 0 Å². The lowest BCUT2D eigenvalue weighted by atomic mass is 10.1. The Morgan fingerprint density at radius 1 is 1.31 bits per heavy atom. The highest BCUT2D eigenvalue weighted by Crippen LogP contribution is 2.16. The van der Waals surface area contributed by atoms with E-state index in [-0.39, 0.29) is 0 Å². The normalized spacial score (nSPS) is 10.7. The molecule has 1 aromatic heterocycles. The Labute approximate surface area is 95.3 Å². The van der Waals surface area contributed by atoms with Crippen LogP contribution in [-0.4, -0.2) is 21.8 Å². The standard InChI is InChI=1S/C12H16N4/c1-9-4-5-10(2)11(6-9)16-12(7-13-3)14-8-15-16/h4-6,8,13H,7H2,1-3H3. The number of rotatable bonds is 3.